The van der Waals surface area contributed by atoms with Gasteiger partial charge in [-0.1, -0.05) is 55.2 Å². The first kappa shape index (κ1) is 21.5. The Labute approximate surface area is 170 Å². The second-order valence-electron chi connectivity index (χ2n) is 6.11. The zero-order valence-corrected chi connectivity index (χ0v) is 17.7. The van der Waals surface area contributed by atoms with Crippen LogP contribution in [-0.4, -0.2) is 26.6 Å². The number of benzene rings is 2. The van der Waals surface area contributed by atoms with E-state index in [0.717, 1.165) is 22.5 Å². The Hall–Kier alpha value is -1.76. The van der Waals surface area contributed by atoms with Crippen LogP contribution in [0.3, 0.4) is 0 Å². The van der Waals surface area contributed by atoms with Gasteiger partial charge in [0.15, 0.2) is 0 Å². The van der Waals surface area contributed by atoms with Crippen LogP contribution in [0.2, 0.25) is 10.0 Å². The SMILES string of the molecule is CCc1ccccc1NC(=O)[C@H](CC)N(c1cc(Cl)cc(Cl)c1)S(C)(=O)=O. The van der Waals surface area contributed by atoms with Gasteiger partial charge in [0, 0.05) is 15.7 Å². The summed E-state index contributed by atoms with van der Waals surface area (Å²) in [5, 5.41) is 3.43. The lowest BCUT2D eigenvalue weighted by molar-refractivity contribution is -0.117. The van der Waals surface area contributed by atoms with Gasteiger partial charge < -0.3 is 5.32 Å². The van der Waals surface area contributed by atoms with Crippen molar-refractivity contribution in [2.24, 2.45) is 0 Å². The monoisotopic (exact) mass is 428 g/mol. The Bertz CT molecular complexity index is 912. The van der Waals surface area contributed by atoms with E-state index in [1.807, 2.05) is 25.1 Å². The number of hydrogen-bond donors (Lipinski definition) is 1. The van der Waals surface area contributed by atoms with Crippen LogP contribution in [0.1, 0.15) is 25.8 Å². The second-order valence-corrected chi connectivity index (χ2v) is 8.84. The van der Waals surface area contributed by atoms with Crippen molar-refractivity contribution >= 4 is 50.5 Å². The number of carbonyl (C=O) groups excluding carboxylic acids is 1. The van der Waals surface area contributed by atoms with Crippen molar-refractivity contribution in [3.8, 4) is 0 Å². The molecule has 0 unspecified atom stereocenters. The van der Waals surface area contributed by atoms with Gasteiger partial charge in [-0.2, -0.15) is 0 Å². The molecule has 2 aromatic carbocycles. The summed E-state index contributed by atoms with van der Waals surface area (Å²) in [5.74, 6) is -0.417. The second kappa shape index (κ2) is 8.95. The molecule has 1 atom stereocenters. The minimum atomic E-state index is -3.76. The molecule has 2 rings (SSSR count). The van der Waals surface area contributed by atoms with Crippen molar-refractivity contribution in [2.75, 3.05) is 15.9 Å². The van der Waals surface area contributed by atoms with Gasteiger partial charge in [-0.05, 0) is 42.7 Å². The van der Waals surface area contributed by atoms with E-state index < -0.39 is 22.0 Å². The molecular formula is C19H22Cl2N2O3S. The lowest BCUT2D eigenvalue weighted by Gasteiger charge is -2.30. The average Bonchev–Trinajstić information content (AvgIpc) is 2.57. The van der Waals surface area contributed by atoms with E-state index in [1.165, 1.54) is 18.2 Å². The van der Waals surface area contributed by atoms with E-state index in [2.05, 4.69) is 5.32 Å². The van der Waals surface area contributed by atoms with Gasteiger partial charge >= 0.3 is 0 Å². The highest BCUT2D eigenvalue weighted by molar-refractivity contribution is 7.92. The lowest BCUT2D eigenvalue weighted by Crippen LogP contribution is -2.47. The molecule has 8 heteroatoms. The summed E-state index contributed by atoms with van der Waals surface area (Å²) in [5.41, 5.74) is 1.89. The summed E-state index contributed by atoms with van der Waals surface area (Å²) in [6.45, 7) is 3.74. The molecule has 1 N–H and O–H groups in total. The van der Waals surface area contributed by atoms with E-state index >= 15 is 0 Å². The van der Waals surface area contributed by atoms with Crippen LogP contribution in [0.25, 0.3) is 0 Å². The van der Waals surface area contributed by atoms with Gasteiger partial charge in [0.05, 0.1) is 11.9 Å². The number of anilines is 2. The zero-order chi connectivity index (χ0) is 20.2. The van der Waals surface area contributed by atoms with Crippen molar-refractivity contribution < 1.29 is 13.2 Å². The maximum Gasteiger partial charge on any atom is 0.248 e. The lowest BCUT2D eigenvalue weighted by atomic mass is 10.1. The van der Waals surface area contributed by atoms with Gasteiger partial charge in [0.2, 0.25) is 15.9 Å². The largest absolute Gasteiger partial charge is 0.324 e. The fourth-order valence-electron chi connectivity index (χ4n) is 2.89. The van der Waals surface area contributed by atoms with Gasteiger partial charge in [-0.15, -0.1) is 0 Å². The number of nitrogens with zero attached hydrogens (tertiary/aromatic N) is 1. The zero-order valence-electron chi connectivity index (χ0n) is 15.4. The van der Waals surface area contributed by atoms with Crippen molar-refractivity contribution in [1.29, 1.82) is 0 Å². The van der Waals surface area contributed by atoms with Crippen LogP contribution in [0, 0.1) is 0 Å². The number of amides is 1. The van der Waals surface area contributed by atoms with E-state index in [9.17, 15) is 13.2 Å². The number of nitrogens with one attached hydrogen (secondary N) is 1. The summed E-state index contributed by atoms with van der Waals surface area (Å²) < 4.78 is 26.1. The predicted octanol–water partition coefficient (Wildman–Crippen LogP) is 4.74. The predicted molar refractivity (Wildman–Crippen MR) is 112 cm³/mol. The average molecular weight is 429 g/mol. The third kappa shape index (κ3) is 5.37. The van der Waals surface area contributed by atoms with E-state index in [0.29, 0.717) is 5.69 Å². The molecule has 0 aliphatic carbocycles. The molecular weight excluding hydrogens is 407 g/mol. The molecule has 0 fully saturated rings. The summed E-state index contributed by atoms with van der Waals surface area (Å²) in [4.78, 5) is 13.0. The third-order valence-corrected chi connectivity index (χ3v) is 5.70. The first-order chi connectivity index (χ1) is 12.7. The number of sulfonamides is 1. The minimum Gasteiger partial charge on any atom is -0.324 e. The summed E-state index contributed by atoms with van der Waals surface area (Å²) in [7, 11) is -3.76. The normalized spacial score (nSPS) is 12.5. The molecule has 0 bridgehead atoms. The Morgan fingerprint density at radius 2 is 1.70 bits per heavy atom. The highest BCUT2D eigenvalue weighted by Crippen LogP contribution is 2.30. The Kier molecular flexibility index (Phi) is 7.14. The molecule has 0 saturated heterocycles. The topological polar surface area (TPSA) is 66.5 Å². The quantitative estimate of drug-likeness (QED) is 0.692. The molecule has 0 heterocycles. The number of hydrogen-bond acceptors (Lipinski definition) is 3. The first-order valence-corrected chi connectivity index (χ1v) is 11.1. The van der Waals surface area contributed by atoms with Crippen LogP contribution >= 0.6 is 23.2 Å². The molecule has 5 nitrogen and oxygen atoms in total. The third-order valence-electron chi connectivity index (χ3n) is 4.09. The Morgan fingerprint density at radius 3 is 2.22 bits per heavy atom. The van der Waals surface area contributed by atoms with E-state index in [-0.39, 0.29) is 22.2 Å². The van der Waals surface area contributed by atoms with E-state index in [4.69, 9.17) is 23.2 Å². The van der Waals surface area contributed by atoms with Crippen LogP contribution < -0.4 is 9.62 Å². The first-order valence-electron chi connectivity index (χ1n) is 8.51. The fourth-order valence-corrected chi connectivity index (χ4v) is 4.60. The van der Waals surface area contributed by atoms with Crippen molar-refractivity contribution in [3.05, 3.63) is 58.1 Å². The van der Waals surface area contributed by atoms with Crippen LogP contribution in [0.15, 0.2) is 42.5 Å². The highest BCUT2D eigenvalue weighted by atomic mass is 35.5. The molecule has 0 spiro atoms. The summed E-state index contributed by atoms with van der Waals surface area (Å²) >= 11 is 12.1. The van der Waals surface area contributed by atoms with Crippen molar-refractivity contribution in [2.45, 2.75) is 32.7 Å². The Balaban J connectivity index is 2.44. The molecule has 27 heavy (non-hydrogen) atoms. The maximum atomic E-state index is 13.0. The summed E-state index contributed by atoms with van der Waals surface area (Å²) in [6.07, 6.45) is 2.07. The molecule has 0 aromatic heterocycles. The van der Waals surface area contributed by atoms with Gasteiger partial charge in [0.1, 0.15) is 6.04 Å². The van der Waals surface area contributed by atoms with Crippen molar-refractivity contribution in [3.63, 3.8) is 0 Å². The van der Waals surface area contributed by atoms with Crippen LogP contribution in [0.4, 0.5) is 11.4 Å². The van der Waals surface area contributed by atoms with E-state index in [1.54, 1.807) is 13.0 Å². The molecule has 0 radical (unpaired) electrons. The number of carbonyl (C=O) groups is 1. The molecule has 1 amide bonds. The summed E-state index contributed by atoms with van der Waals surface area (Å²) in [6, 6.07) is 10.9. The number of halogens is 2. The molecule has 0 aliphatic rings. The number of rotatable bonds is 7. The highest BCUT2D eigenvalue weighted by Gasteiger charge is 2.32. The van der Waals surface area contributed by atoms with Gasteiger partial charge in [-0.25, -0.2) is 8.42 Å². The van der Waals surface area contributed by atoms with Crippen LogP contribution in [0.5, 0.6) is 0 Å². The van der Waals surface area contributed by atoms with Crippen molar-refractivity contribution in [1.82, 2.24) is 0 Å². The van der Waals surface area contributed by atoms with Gasteiger partial charge in [-0.3, -0.25) is 9.10 Å². The molecule has 146 valence electrons. The number of para-hydroxylation sites is 1. The Morgan fingerprint density at radius 1 is 1.11 bits per heavy atom. The van der Waals surface area contributed by atoms with Crippen LogP contribution in [-0.2, 0) is 21.2 Å². The fraction of sp³-hybridized carbons (Fsp3) is 0.316. The molecule has 0 saturated carbocycles. The smallest absolute Gasteiger partial charge is 0.248 e. The molecule has 2 aromatic rings. The van der Waals surface area contributed by atoms with Gasteiger partial charge in [0.25, 0.3) is 0 Å². The number of aryl methyl sites for hydroxylation is 1. The standard InChI is InChI=1S/C19H22Cl2N2O3S/c1-4-13-8-6-7-9-17(13)22-19(24)18(5-2)23(27(3,25)26)16-11-14(20)10-15(21)12-16/h6-12,18H,4-5H2,1-3H3,(H,22,24)/t18-/m0/s1. The minimum absolute atomic E-state index is 0.251. The maximum absolute atomic E-state index is 13.0. The molecule has 0 aliphatic heterocycles.